The van der Waals surface area contributed by atoms with Gasteiger partial charge >= 0.3 is 6.16 Å². The number of hydrogen-bond acceptors (Lipinski definition) is 7. The number of ether oxygens (including phenoxy) is 1. The Balaban J connectivity index is 1.24. The Morgan fingerprint density at radius 3 is 2.49 bits per heavy atom. The molecule has 0 aliphatic heterocycles. The predicted octanol–water partition coefficient (Wildman–Crippen LogP) is 4.67. The number of aromatic nitrogens is 1. The van der Waals surface area contributed by atoms with Crippen molar-refractivity contribution in [1.82, 2.24) is 10.3 Å². The fraction of sp³-hybridized carbons (Fsp3) is 0.731. The molecule has 4 bridgehead atoms. The summed E-state index contributed by atoms with van der Waals surface area (Å²) >= 11 is 1.61. The largest absolute Gasteiger partial charge is 0.506 e. The average molecular weight is 504 g/mol. The summed E-state index contributed by atoms with van der Waals surface area (Å²) in [5, 5.41) is 27.3. The van der Waals surface area contributed by atoms with Crippen LogP contribution in [0.5, 0.6) is 0 Å². The van der Waals surface area contributed by atoms with E-state index in [1.54, 1.807) is 11.8 Å². The van der Waals surface area contributed by atoms with Crippen LogP contribution in [0, 0.1) is 17.8 Å². The lowest BCUT2D eigenvalue weighted by atomic mass is 9.52. The zero-order valence-electron chi connectivity index (χ0n) is 20.4. The van der Waals surface area contributed by atoms with Crippen molar-refractivity contribution in [3.63, 3.8) is 0 Å². The molecule has 1 heterocycles. The van der Waals surface area contributed by atoms with Gasteiger partial charge in [0, 0.05) is 12.1 Å². The first-order valence-corrected chi connectivity index (χ1v) is 14.1. The number of aliphatic hydroxyl groups is 1. The SMILES string of the molecule is CCCSc1nc(NC2CCC(OC(=O)O)CC2)ccc1C(=O)N[C@H]1C2CC3CC1C[C@@](O)(C3)C2. The Kier molecular flexibility index (Phi) is 7.17. The number of carbonyl (C=O) groups excluding carboxylic acids is 1. The van der Waals surface area contributed by atoms with Gasteiger partial charge in [0.1, 0.15) is 16.9 Å². The second-order valence-corrected chi connectivity index (χ2v) is 12.2. The summed E-state index contributed by atoms with van der Waals surface area (Å²) in [6, 6.07) is 4.11. The summed E-state index contributed by atoms with van der Waals surface area (Å²) < 4.78 is 4.91. The number of amides is 1. The smallest absolute Gasteiger partial charge is 0.450 e. The molecule has 6 rings (SSSR count). The van der Waals surface area contributed by atoms with Crippen LogP contribution in [0.3, 0.4) is 0 Å². The second kappa shape index (κ2) is 10.2. The maximum absolute atomic E-state index is 13.4. The van der Waals surface area contributed by atoms with Gasteiger partial charge in [-0.15, -0.1) is 11.8 Å². The van der Waals surface area contributed by atoms with Crippen LogP contribution >= 0.6 is 11.8 Å². The van der Waals surface area contributed by atoms with E-state index in [4.69, 9.17) is 14.8 Å². The van der Waals surface area contributed by atoms with E-state index in [1.807, 2.05) is 12.1 Å². The van der Waals surface area contributed by atoms with E-state index in [1.165, 1.54) is 0 Å². The summed E-state index contributed by atoms with van der Waals surface area (Å²) in [6.45, 7) is 2.12. The first-order chi connectivity index (χ1) is 16.8. The van der Waals surface area contributed by atoms with Gasteiger partial charge < -0.3 is 25.6 Å². The molecule has 4 N–H and O–H groups in total. The molecule has 1 aromatic heterocycles. The average Bonchev–Trinajstić information content (AvgIpc) is 2.80. The molecular formula is C26H37N3O5S. The van der Waals surface area contributed by atoms with Crippen molar-refractivity contribution in [2.45, 2.75) is 99.9 Å². The van der Waals surface area contributed by atoms with E-state index in [-0.39, 0.29) is 24.1 Å². The van der Waals surface area contributed by atoms with Crippen LogP contribution in [0.25, 0.3) is 0 Å². The third-order valence-corrected chi connectivity index (χ3v) is 9.58. The van der Waals surface area contributed by atoms with Crippen molar-refractivity contribution in [3.05, 3.63) is 17.7 Å². The number of nitrogens with one attached hydrogen (secondary N) is 2. The van der Waals surface area contributed by atoms with Gasteiger partial charge in [0.25, 0.3) is 5.91 Å². The highest BCUT2D eigenvalue weighted by atomic mass is 32.2. The first-order valence-electron chi connectivity index (χ1n) is 13.1. The minimum absolute atomic E-state index is 0.0570. The normalized spacial score (nSPS) is 35.5. The molecular weight excluding hydrogens is 466 g/mol. The van der Waals surface area contributed by atoms with Crippen LogP contribution in [0.4, 0.5) is 10.6 Å². The van der Waals surface area contributed by atoms with Crippen molar-refractivity contribution in [1.29, 1.82) is 0 Å². The minimum atomic E-state index is -1.21. The molecule has 5 aliphatic carbocycles. The van der Waals surface area contributed by atoms with E-state index in [0.717, 1.165) is 68.0 Å². The number of pyridine rings is 1. The van der Waals surface area contributed by atoms with Crippen molar-refractivity contribution < 1.29 is 24.5 Å². The molecule has 1 aromatic rings. The summed E-state index contributed by atoms with van der Waals surface area (Å²) in [6.07, 6.45) is 7.36. The lowest BCUT2D eigenvalue weighted by Crippen LogP contribution is -2.61. The van der Waals surface area contributed by atoms with Gasteiger partial charge in [0.2, 0.25) is 0 Å². The molecule has 0 aromatic carbocycles. The zero-order valence-corrected chi connectivity index (χ0v) is 21.2. The highest BCUT2D eigenvalue weighted by Crippen LogP contribution is 2.55. The van der Waals surface area contributed by atoms with E-state index in [0.29, 0.717) is 36.2 Å². The van der Waals surface area contributed by atoms with Crippen LogP contribution in [-0.2, 0) is 4.74 Å². The van der Waals surface area contributed by atoms with E-state index < -0.39 is 11.8 Å². The van der Waals surface area contributed by atoms with Gasteiger partial charge in [-0.3, -0.25) is 4.79 Å². The molecule has 9 heteroatoms. The van der Waals surface area contributed by atoms with Gasteiger partial charge in [0.15, 0.2) is 0 Å². The Morgan fingerprint density at radius 2 is 1.86 bits per heavy atom. The number of hydrogen-bond donors (Lipinski definition) is 4. The lowest BCUT2D eigenvalue weighted by molar-refractivity contribution is -0.136. The molecule has 2 atom stereocenters. The van der Waals surface area contributed by atoms with Crippen LogP contribution < -0.4 is 10.6 Å². The van der Waals surface area contributed by atoms with E-state index in [9.17, 15) is 14.7 Å². The maximum Gasteiger partial charge on any atom is 0.506 e. The Hall–Kier alpha value is -2.00. The van der Waals surface area contributed by atoms with Crippen molar-refractivity contribution in [3.8, 4) is 0 Å². The molecule has 5 aliphatic rings. The molecule has 0 radical (unpaired) electrons. The highest BCUT2D eigenvalue weighted by molar-refractivity contribution is 7.99. The summed E-state index contributed by atoms with van der Waals surface area (Å²) in [5.74, 6) is 2.93. The van der Waals surface area contributed by atoms with Gasteiger partial charge in [-0.1, -0.05) is 6.92 Å². The number of rotatable bonds is 8. The van der Waals surface area contributed by atoms with Crippen molar-refractivity contribution in [2.75, 3.05) is 11.1 Å². The second-order valence-electron chi connectivity index (χ2n) is 11.1. The molecule has 35 heavy (non-hydrogen) atoms. The van der Waals surface area contributed by atoms with Gasteiger partial charge in [-0.25, -0.2) is 9.78 Å². The molecule has 5 saturated carbocycles. The maximum atomic E-state index is 13.4. The zero-order chi connectivity index (χ0) is 24.6. The fourth-order valence-corrected chi connectivity index (χ4v) is 8.00. The van der Waals surface area contributed by atoms with Crippen LogP contribution in [0.2, 0.25) is 0 Å². The fourth-order valence-electron chi connectivity index (χ4n) is 7.13. The topological polar surface area (TPSA) is 121 Å². The predicted molar refractivity (Wildman–Crippen MR) is 134 cm³/mol. The molecule has 2 unspecified atom stereocenters. The summed E-state index contributed by atoms with van der Waals surface area (Å²) in [4.78, 5) is 29.0. The van der Waals surface area contributed by atoms with Crippen LogP contribution in [-0.4, -0.2) is 56.8 Å². The standard InChI is InChI=1S/C26H37N3O5S/c1-2-9-35-24-20(7-8-21(28-24)27-18-3-5-19(6-4-18)34-25(31)32)23(30)29-22-16-10-15-11-17(22)14-26(33,12-15)13-16/h7-8,15-19,22,33H,2-6,9-14H2,1H3,(H,27,28)(H,29,30)(H,31,32)/t15?,16?,17?,18?,19?,22-,26+. The monoisotopic (exact) mass is 503 g/mol. The lowest BCUT2D eigenvalue weighted by Gasteiger charge is -2.58. The van der Waals surface area contributed by atoms with Gasteiger partial charge in [0.05, 0.1) is 11.2 Å². The minimum Gasteiger partial charge on any atom is -0.450 e. The number of nitrogens with zero attached hydrogens (tertiary/aromatic N) is 1. The number of carbonyl (C=O) groups is 2. The molecule has 192 valence electrons. The number of anilines is 1. The van der Waals surface area contributed by atoms with E-state index in [2.05, 4.69) is 17.6 Å². The third kappa shape index (κ3) is 5.56. The molecule has 0 saturated heterocycles. The number of carboxylic acid groups (broad SMARTS) is 1. The van der Waals surface area contributed by atoms with Crippen LogP contribution in [0.15, 0.2) is 17.2 Å². The van der Waals surface area contributed by atoms with Crippen molar-refractivity contribution >= 4 is 29.6 Å². The molecule has 8 nitrogen and oxygen atoms in total. The third-order valence-electron chi connectivity index (χ3n) is 8.38. The summed E-state index contributed by atoms with van der Waals surface area (Å²) in [5.41, 5.74) is 0.119. The number of thioether (sulfide) groups is 1. The first kappa shape index (κ1) is 24.7. The molecule has 1 amide bonds. The van der Waals surface area contributed by atoms with E-state index >= 15 is 0 Å². The Bertz CT molecular complexity index is 935. The van der Waals surface area contributed by atoms with Crippen molar-refractivity contribution in [2.24, 2.45) is 17.8 Å². The molecule has 5 fully saturated rings. The Labute approximate surface area is 211 Å². The Morgan fingerprint density at radius 1 is 1.14 bits per heavy atom. The van der Waals surface area contributed by atoms with Gasteiger partial charge in [-0.05, 0) is 99.8 Å². The quantitative estimate of drug-likeness (QED) is 0.298. The van der Waals surface area contributed by atoms with Crippen LogP contribution in [0.1, 0.15) is 81.5 Å². The molecule has 0 spiro atoms. The van der Waals surface area contributed by atoms with Gasteiger partial charge in [-0.2, -0.15) is 0 Å². The highest BCUT2D eigenvalue weighted by Gasteiger charge is 2.55. The summed E-state index contributed by atoms with van der Waals surface area (Å²) in [7, 11) is 0.